The summed E-state index contributed by atoms with van der Waals surface area (Å²) in [6, 6.07) is 9.83. The van der Waals surface area contributed by atoms with Crippen LogP contribution >= 0.6 is 0 Å². The number of halogens is 1. The summed E-state index contributed by atoms with van der Waals surface area (Å²) < 4.78 is 51.2. The Kier molecular flexibility index (Phi) is 6.06. The summed E-state index contributed by atoms with van der Waals surface area (Å²) in [4.78, 5) is 0. The first kappa shape index (κ1) is 20.5. The van der Waals surface area contributed by atoms with E-state index in [0.717, 1.165) is 37.7 Å². The van der Waals surface area contributed by atoms with Gasteiger partial charge in [-0.2, -0.15) is 4.31 Å². The zero-order chi connectivity index (χ0) is 20.3. The number of rotatable bonds is 7. The van der Waals surface area contributed by atoms with Crippen LogP contribution in [0.5, 0.6) is 0 Å². The molecule has 158 valence electrons. The quantitative estimate of drug-likeness (QED) is 0.743. The summed E-state index contributed by atoms with van der Waals surface area (Å²) in [5.74, 6) is 0.345. The van der Waals surface area contributed by atoms with Crippen LogP contribution in [0.3, 0.4) is 0 Å². The first-order valence-electron chi connectivity index (χ1n) is 10.1. The standard InChI is InChI=1S/C21H27FN2O4S/c22-18-5-3-17(4-6-18)15-21(9-13-27-14-10-21)23-16-19-7-8-20(28-19)29(25,26)24-11-1-2-12-24/h3-8,23H,1-2,9-16H2. The molecule has 0 spiro atoms. The van der Waals surface area contributed by atoms with Gasteiger partial charge in [-0.15, -0.1) is 0 Å². The molecule has 1 N–H and O–H groups in total. The first-order valence-corrected chi connectivity index (χ1v) is 11.6. The van der Waals surface area contributed by atoms with Gasteiger partial charge in [-0.05, 0) is 61.9 Å². The monoisotopic (exact) mass is 422 g/mol. The Morgan fingerprint density at radius 2 is 1.72 bits per heavy atom. The van der Waals surface area contributed by atoms with Crippen LogP contribution in [0.2, 0.25) is 0 Å². The van der Waals surface area contributed by atoms with Gasteiger partial charge < -0.3 is 14.5 Å². The van der Waals surface area contributed by atoms with Gasteiger partial charge in [-0.1, -0.05) is 12.1 Å². The summed E-state index contributed by atoms with van der Waals surface area (Å²) >= 11 is 0. The van der Waals surface area contributed by atoms with Crippen molar-refractivity contribution in [2.24, 2.45) is 0 Å². The van der Waals surface area contributed by atoms with Gasteiger partial charge in [0.1, 0.15) is 11.6 Å². The second kappa shape index (κ2) is 8.55. The third-order valence-corrected chi connectivity index (χ3v) is 7.61. The summed E-state index contributed by atoms with van der Waals surface area (Å²) in [5, 5.41) is 3.58. The molecule has 2 saturated heterocycles. The Bertz CT molecular complexity index is 914. The van der Waals surface area contributed by atoms with E-state index in [9.17, 15) is 12.8 Å². The fourth-order valence-corrected chi connectivity index (χ4v) is 5.54. The maximum absolute atomic E-state index is 13.2. The molecule has 1 aromatic heterocycles. The van der Waals surface area contributed by atoms with Gasteiger partial charge in [-0.3, -0.25) is 0 Å². The van der Waals surface area contributed by atoms with E-state index in [2.05, 4.69) is 5.32 Å². The van der Waals surface area contributed by atoms with E-state index < -0.39 is 10.0 Å². The second-order valence-corrected chi connectivity index (χ2v) is 9.75. The molecule has 0 aliphatic carbocycles. The Hall–Kier alpha value is -1.74. The smallest absolute Gasteiger partial charge is 0.276 e. The van der Waals surface area contributed by atoms with Crippen LogP contribution in [0.4, 0.5) is 4.39 Å². The van der Waals surface area contributed by atoms with Gasteiger partial charge in [-0.25, -0.2) is 12.8 Å². The van der Waals surface area contributed by atoms with Crippen LogP contribution in [-0.2, 0) is 27.7 Å². The molecule has 0 saturated carbocycles. The molecule has 0 atom stereocenters. The van der Waals surface area contributed by atoms with Crippen molar-refractivity contribution in [3.05, 3.63) is 53.5 Å². The molecule has 6 nitrogen and oxygen atoms in total. The number of sulfonamides is 1. The lowest BCUT2D eigenvalue weighted by Gasteiger charge is -2.38. The Balaban J connectivity index is 1.45. The minimum atomic E-state index is -3.55. The summed E-state index contributed by atoms with van der Waals surface area (Å²) in [7, 11) is -3.55. The molecule has 1 aromatic carbocycles. The van der Waals surface area contributed by atoms with Crippen LogP contribution < -0.4 is 5.32 Å². The third kappa shape index (κ3) is 4.71. The molecule has 29 heavy (non-hydrogen) atoms. The molecule has 2 fully saturated rings. The van der Waals surface area contributed by atoms with Crippen molar-refractivity contribution in [2.75, 3.05) is 26.3 Å². The van der Waals surface area contributed by atoms with Crippen molar-refractivity contribution in [1.82, 2.24) is 9.62 Å². The van der Waals surface area contributed by atoms with Gasteiger partial charge in [0.25, 0.3) is 10.0 Å². The fraction of sp³-hybridized carbons (Fsp3) is 0.524. The normalized spacial score (nSPS) is 20.2. The predicted octanol–water partition coefficient (Wildman–Crippen LogP) is 3.08. The van der Waals surface area contributed by atoms with E-state index >= 15 is 0 Å². The fourth-order valence-electron chi connectivity index (χ4n) is 4.09. The number of benzene rings is 1. The highest BCUT2D eigenvalue weighted by molar-refractivity contribution is 7.89. The van der Waals surface area contributed by atoms with Crippen LogP contribution in [0.1, 0.15) is 37.0 Å². The number of hydrogen-bond donors (Lipinski definition) is 1. The molecule has 2 aliphatic heterocycles. The highest BCUT2D eigenvalue weighted by atomic mass is 32.2. The van der Waals surface area contributed by atoms with Gasteiger partial charge in [0.15, 0.2) is 0 Å². The zero-order valence-corrected chi connectivity index (χ0v) is 17.2. The molecule has 3 heterocycles. The van der Waals surface area contributed by atoms with E-state index in [1.807, 2.05) is 12.1 Å². The number of hydrogen-bond acceptors (Lipinski definition) is 5. The molecule has 0 amide bonds. The van der Waals surface area contributed by atoms with Crippen LogP contribution in [0, 0.1) is 5.82 Å². The average molecular weight is 423 g/mol. The third-order valence-electron chi connectivity index (χ3n) is 5.84. The van der Waals surface area contributed by atoms with Gasteiger partial charge in [0.2, 0.25) is 5.09 Å². The summed E-state index contributed by atoms with van der Waals surface area (Å²) in [6.45, 7) is 2.84. The molecular weight excluding hydrogens is 395 g/mol. The number of nitrogens with one attached hydrogen (secondary N) is 1. The lowest BCUT2D eigenvalue weighted by atomic mass is 9.83. The number of ether oxygens (including phenoxy) is 1. The predicted molar refractivity (Wildman–Crippen MR) is 106 cm³/mol. The summed E-state index contributed by atoms with van der Waals surface area (Å²) in [5.41, 5.74) is 0.856. The second-order valence-electron chi connectivity index (χ2n) is 7.88. The highest BCUT2D eigenvalue weighted by Gasteiger charge is 2.33. The number of nitrogens with zero attached hydrogens (tertiary/aromatic N) is 1. The van der Waals surface area contributed by atoms with E-state index in [4.69, 9.17) is 9.15 Å². The largest absolute Gasteiger partial charge is 0.447 e. The lowest BCUT2D eigenvalue weighted by Crippen LogP contribution is -2.50. The Morgan fingerprint density at radius 3 is 2.41 bits per heavy atom. The van der Waals surface area contributed by atoms with E-state index in [1.54, 1.807) is 12.1 Å². The molecule has 8 heteroatoms. The average Bonchev–Trinajstić information content (AvgIpc) is 3.42. The Labute approximate surface area is 171 Å². The van der Waals surface area contributed by atoms with Crippen molar-refractivity contribution in [3.63, 3.8) is 0 Å². The van der Waals surface area contributed by atoms with Crippen LogP contribution in [0.15, 0.2) is 45.9 Å². The molecule has 2 aliphatic rings. The highest BCUT2D eigenvalue weighted by Crippen LogP contribution is 2.27. The topological polar surface area (TPSA) is 71.8 Å². The van der Waals surface area contributed by atoms with Crippen molar-refractivity contribution in [3.8, 4) is 0 Å². The van der Waals surface area contributed by atoms with E-state index in [-0.39, 0.29) is 16.4 Å². The zero-order valence-electron chi connectivity index (χ0n) is 16.4. The molecule has 2 aromatic rings. The lowest BCUT2D eigenvalue weighted by molar-refractivity contribution is 0.0365. The van der Waals surface area contributed by atoms with Crippen molar-refractivity contribution in [1.29, 1.82) is 0 Å². The first-order chi connectivity index (χ1) is 14.0. The van der Waals surface area contributed by atoms with Crippen molar-refractivity contribution in [2.45, 2.75) is 49.3 Å². The molecule has 0 radical (unpaired) electrons. The minimum absolute atomic E-state index is 0.00996. The minimum Gasteiger partial charge on any atom is -0.447 e. The summed E-state index contributed by atoms with van der Waals surface area (Å²) in [6.07, 6.45) is 4.18. The van der Waals surface area contributed by atoms with E-state index in [1.165, 1.54) is 16.4 Å². The maximum Gasteiger partial charge on any atom is 0.276 e. The van der Waals surface area contributed by atoms with Crippen LogP contribution in [0.25, 0.3) is 0 Å². The van der Waals surface area contributed by atoms with Gasteiger partial charge in [0.05, 0.1) is 6.54 Å². The Morgan fingerprint density at radius 1 is 1.03 bits per heavy atom. The molecule has 4 rings (SSSR count). The van der Waals surface area contributed by atoms with Gasteiger partial charge >= 0.3 is 0 Å². The van der Waals surface area contributed by atoms with Crippen molar-refractivity contribution >= 4 is 10.0 Å². The number of furan rings is 1. The van der Waals surface area contributed by atoms with Crippen LogP contribution in [-0.4, -0.2) is 44.6 Å². The molecule has 0 bridgehead atoms. The maximum atomic E-state index is 13.2. The van der Waals surface area contributed by atoms with Crippen molar-refractivity contribution < 1.29 is 22.0 Å². The SMILES string of the molecule is O=S(=O)(c1ccc(CNC2(Cc3ccc(F)cc3)CCOCC2)o1)N1CCCC1. The van der Waals surface area contributed by atoms with E-state index in [0.29, 0.717) is 38.6 Å². The molecule has 0 unspecified atom stereocenters. The molecular formula is C21H27FN2O4S. The van der Waals surface area contributed by atoms with Gasteiger partial charge in [0, 0.05) is 31.8 Å².